The first-order valence-electron chi connectivity index (χ1n) is 4.77. The Morgan fingerprint density at radius 1 is 1.59 bits per heavy atom. The van der Waals surface area contributed by atoms with Crippen molar-refractivity contribution in [3.05, 3.63) is 0 Å². The van der Waals surface area contributed by atoms with Crippen LogP contribution in [0.25, 0.3) is 0 Å². The fourth-order valence-electron chi connectivity index (χ4n) is 0.793. The SMILES string of the molecule is CCCNC(=O)NNc1nc(OS(C)=O)ns1. The maximum absolute atomic E-state index is 11.2. The molecule has 17 heavy (non-hydrogen) atoms. The molecule has 0 aliphatic heterocycles. The van der Waals surface area contributed by atoms with Gasteiger partial charge in [-0.2, -0.15) is 4.98 Å². The number of urea groups is 1. The van der Waals surface area contributed by atoms with E-state index in [-0.39, 0.29) is 12.0 Å². The highest BCUT2D eigenvalue weighted by atomic mass is 32.2. The van der Waals surface area contributed by atoms with Gasteiger partial charge >= 0.3 is 12.0 Å². The van der Waals surface area contributed by atoms with Crippen LogP contribution in [0.15, 0.2) is 0 Å². The standard InChI is InChI=1S/C7H13N5O3S2/c1-3-4-8-5(13)10-11-7-9-6(12-16-7)15-17(2)14/h3-4H2,1-2H3,(H2,8,10,13)(H,9,11,12). The summed E-state index contributed by atoms with van der Waals surface area (Å²) in [6, 6.07) is -0.349. The Morgan fingerprint density at radius 2 is 2.35 bits per heavy atom. The zero-order valence-electron chi connectivity index (χ0n) is 9.35. The zero-order valence-corrected chi connectivity index (χ0v) is 11.0. The van der Waals surface area contributed by atoms with Crippen LogP contribution in [0.5, 0.6) is 6.01 Å². The van der Waals surface area contributed by atoms with Gasteiger partial charge in [-0.1, -0.05) is 6.92 Å². The van der Waals surface area contributed by atoms with E-state index in [0.29, 0.717) is 11.7 Å². The number of rotatable bonds is 6. The van der Waals surface area contributed by atoms with E-state index in [2.05, 4.69) is 25.5 Å². The minimum atomic E-state index is -1.47. The van der Waals surface area contributed by atoms with Gasteiger partial charge in [0.2, 0.25) is 16.2 Å². The van der Waals surface area contributed by atoms with Gasteiger partial charge in [-0.05, 0) is 6.42 Å². The molecule has 0 bridgehead atoms. The van der Waals surface area contributed by atoms with E-state index in [0.717, 1.165) is 18.0 Å². The molecular weight excluding hydrogens is 266 g/mol. The second-order valence-corrected chi connectivity index (χ2v) is 4.59. The van der Waals surface area contributed by atoms with Gasteiger partial charge in [0, 0.05) is 24.3 Å². The number of anilines is 1. The van der Waals surface area contributed by atoms with Gasteiger partial charge in [0.1, 0.15) is 0 Å². The molecule has 1 unspecified atom stereocenters. The quantitative estimate of drug-likeness (QED) is 0.644. The van der Waals surface area contributed by atoms with E-state index in [1.807, 2.05) is 6.92 Å². The van der Waals surface area contributed by atoms with E-state index in [1.54, 1.807) is 0 Å². The molecule has 1 aromatic rings. The summed E-state index contributed by atoms with van der Waals surface area (Å²) in [7, 11) is 0. The van der Waals surface area contributed by atoms with Crippen LogP contribution in [0.4, 0.5) is 9.93 Å². The van der Waals surface area contributed by atoms with Crippen LogP contribution in [0.2, 0.25) is 0 Å². The van der Waals surface area contributed by atoms with Crippen molar-refractivity contribution in [1.29, 1.82) is 0 Å². The Balaban J connectivity index is 2.34. The number of carbonyl (C=O) groups excluding carboxylic acids is 1. The van der Waals surface area contributed by atoms with Crippen LogP contribution in [-0.4, -0.2) is 32.4 Å². The first-order chi connectivity index (χ1) is 8.11. The minimum absolute atomic E-state index is 0.00843. The average Bonchev–Trinajstić information content (AvgIpc) is 2.70. The molecule has 0 aliphatic rings. The fraction of sp³-hybridized carbons (Fsp3) is 0.571. The van der Waals surface area contributed by atoms with Gasteiger partial charge in [0.25, 0.3) is 0 Å². The first-order valence-corrected chi connectivity index (χ1v) is 7.02. The van der Waals surface area contributed by atoms with Gasteiger partial charge in [0.05, 0.1) is 0 Å². The molecule has 0 radical (unpaired) electrons. The molecule has 0 aliphatic carbocycles. The number of nitrogens with zero attached hydrogens (tertiary/aromatic N) is 2. The lowest BCUT2D eigenvalue weighted by atomic mass is 10.5. The molecule has 0 saturated heterocycles. The van der Waals surface area contributed by atoms with E-state index in [1.165, 1.54) is 6.26 Å². The third-order valence-corrected chi connectivity index (χ3v) is 2.42. The Kier molecular flexibility index (Phi) is 5.63. The average molecular weight is 279 g/mol. The van der Waals surface area contributed by atoms with E-state index in [4.69, 9.17) is 4.18 Å². The molecule has 8 nitrogen and oxygen atoms in total. The lowest BCUT2D eigenvalue weighted by molar-refractivity contribution is 0.243. The molecule has 3 N–H and O–H groups in total. The summed E-state index contributed by atoms with van der Waals surface area (Å²) < 4.78 is 19.3. The molecule has 0 saturated carbocycles. The van der Waals surface area contributed by atoms with Crippen molar-refractivity contribution in [1.82, 2.24) is 20.1 Å². The van der Waals surface area contributed by atoms with Crippen molar-refractivity contribution in [2.75, 3.05) is 18.2 Å². The number of hydrogen-bond donors (Lipinski definition) is 3. The van der Waals surface area contributed by atoms with Gasteiger partial charge in [-0.3, -0.25) is 5.43 Å². The predicted octanol–water partition coefficient (Wildman–Crippen LogP) is 0.246. The monoisotopic (exact) mass is 279 g/mol. The fourth-order valence-corrected chi connectivity index (χ4v) is 1.58. The molecule has 96 valence electrons. The molecule has 1 rings (SSSR count). The molecule has 0 spiro atoms. The van der Waals surface area contributed by atoms with Crippen LogP contribution in [0.1, 0.15) is 13.3 Å². The Labute approximate surface area is 105 Å². The maximum Gasteiger partial charge on any atom is 0.344 e. The summed E-state index contributed by atoms with van der Waals surface area (Å²) in [6.07, 6.45) is 2.22. The van der Waals surface area contributed by atoms with Crippen molar-refractivity contribution in [3.8, 4) is 6.01 Å². The summed E-state index contributed by atoms with van der Waals surface area (Å²) >= 11 is -0.483. The highest BCUT2D eigenvalue weighted by Crippen LogP contribution is 2.15. The molecule has 1 atom stereocenters. The first kappa shape index (κ1) is 13.6. The molecule has 1 heterocycles. The highest BCUT2D eigenvalue weighted by Gasteiger charge is 2.07. The van der Waals surface area contributed by atoms with E-state index < -0.39 is 11.1 Å². The number of carbonyl (C=O) groups is 1. The van der Waals surface area contributed by atoms with Gasteiger partial charge in [0.15, 0.2) is 0 Å². The molecule has 2 amide bonds. The maximum atomic E-state index is 11.2. The van der Waals surface area contributed by atoms with Gasteiger partial charge in [-0.25, -0.2) is 14.4 Å². The van der Waals surface area contributed by atoms with Crippen molar-refractivity contribution in [2.45, 2.75) is 13.3 Å². The number of aromatic nitrogens is 2. The number of amides is 2. The second kappa shape index (κ2) is 7.01. The third kappa shape index (κ3) is 5.45. The lowest BCUT2D eigenvalue weighted by Crippen LogP contribution is -2.39. The second-order valence-electron chi connectivity index (χ2n) is 2.87. The predicted molar refractivity (Wildman–Crippen MR) is 65.1 cm³/mol. The summed E-state index contributed by atoms with van der Waals surface area (Å²) in [5.74, 6) is 0. The third-order valence-electron chi connectivity index (χ3n) is 1.42. The van der Waals surface area contributed by atoms with Crippen molar-refractivity contribution >= 4 is 33.8 Å². The Hall–Kier alpha value is -1.42. The molecule has 0 fully saturated rings. The van der Waals surface area contributed by atoms with Crippen LogP contribution < -0.4 is 20.4 Å². The molecule has 1 aromatic heterocycles. The molecule has 0 aromatic carbocycles. The van der Waals surface area contributed by atoms with Crippen molar-refractivity contribution in [2.24, 2.45) is 0 Å². The molecule has 10 heteroatoms. The summed E-state index contributed by atoms with van der Waals surface area (Å²) in [5.41, 5.74) is 4.93. The normalized spacial score (nSPS) is 11.6. The zero-order chi connectivity index (χ0) is 12.7. The van der Waals surface area contributed by atoms with Crippen LogP contribution in [0.3, 0.4) is 0 Å². The number of nitrogens with one attached hydrogen (secondary N) is 3. The van der Waals surface area contributed by atoms with E-state index in [9.17, 15) is 9.00 Å². The van der Waals surface area contributed by atoms with Crippen molar-refractivity contribution in [3.63, 3.8) is 0 Å². The summed E-state index contributed by atoms with van der Waals surface area (Å²) in [4.78, 5) is 15.0. The van der Waals surface area contributed by atoms with Crippen LogP contribution in [-0.2, 0) is 11.1 Å². The van der Waals surface area contributed by atoms with Gasteiger partial charge < -0.3 is 9.50 Å². The largest absolute Gasteiger partial charge is 0.361 e. The number of hydrazine groups is 1. The molecular formula is C7H13N5O3S2. The Bertz CT molecular complexity index is 397. The summed E-state index contributed by atoms with van der Waals surface area (Å²) in [6.45, 7) is 2.54. The number of hydrogen-bond acceptors (Lipinski definition) is 7. The van der Waals surface area contributed by atoms with Crippen LogP contribution in [0, 0.1) is 0 Å². The van der Waals surface area contributed by atoms with Gasteiger partial charge in [-0.15, -0.1) is 4.37 Å². The van der Waals surface area contributed by atoms with Crippen molar-refractivity contribution < 1.29 is 13.2 Å². The minimum Gasteiger partial charge on any atom is -0.361 e. The highest BCUT2D eigenvalue weighted by molar-refractivity contribution is 7.79. The smallest absolute Gasteiger partial charge is 0.344 e. The topological polar surface area (TPSA) is 105 Å². The lowest BCUT2D eigenvalue weighted by Gasteiger charge is -2.05. The Morgan fingerprint density at radius 3 is 3.00 bits per heavy atom. The van der Waals surface area contributed by atoms with E-state index >= 15 is 0 Å². The van der Waals surface area contributed by atoms with Crippen LogP contribution >= 0.6 is 11.5 Å². The summed E-state index contributed by atoms with van der Waals surface area (Å²) in [5, 5.41) is 2.95.